The minimum atomic E-state index is 0.103. The second kappa shape index (κ2) is 4.74. The summed E-state index contributed by atoms with van der Waals surface area (Å²) in [4.78, 5) is 13.1. The van der Waals surface area contributed by atoms with Gasteiger partial charge in [0.15, 0.2) is 5.78 Å². The van der Waals surface area contributed by atoms with E-state index in [2.05, 4.69) is 5.10 Å². The molecule has 0 saturated heterocycles. The van der Waals surface area contributed by atoms with Gasteiger partial charge in [-0.25, -0.2) is 0 Å². The zero-order valence-electron chi connectivity index (χ0n) is 10.4. The zero-order valence-corrected chi connectivity index (χ0v) is 12.8. The molecule has 0 aliphatic heterocycles. The van der Waals surface area contributed by atoms with Crippen molar-refractivity contribution in [3.8, 4) is 0 Å². The molecule has 0 aliphatic rings. The predicted molar refractivity (Wildman–Crippen MR) is 80.7 cm³/mol. The number of fused-ring (bicyclic) bond motifs is 1. The van der Waals surface area contributed by atoms with E-state index in [9.17, 15) is 4.79 Å². The van der Waals surface area contributed by atoms with Gasteiger partial charge in [0.25, 0.3) is 0 Å². The summed E-state index contributed by atoms with van der Waals surface area (Å²) in [6, 6.07) is 4.01. The third-order valence-electron chi connectivity index (χ3n) is 3.02. The van der Waals surface area contributed by atoms with Crippen molar-refractivity contribution in [3.63, 3.8) is 0 Å². The summed E-state index contributed by atoms with van der Waals surface area (Å²) >= 11 is 9.36. The van der Waals surface area contributed by atoms with Crippen molar-refractivity contribution >= 4 is 49.5 Å². The maximum absolute atomic E-state index is 12.3. The Bertz CT molecular complexity index is 740. The van der Waals surface area contributed by atoms with Crippen LogP contribution in [0.5, 0.6) is 0 Å². The van der Waals surface area contributed by atoms with Gasteiger partial charge in [-0.1, -0.05) is 11.6 Å². The summed E-state index contributed by atoms with van der Waals surface area (Å²) in [6.45, 7) is 1.88. The molecule has 0 spiro atoms. The summed E-state index contributed by atoms with van der Waals surface area (Å²) in [5.41, 5.74) is 1.64. The lowest BCUT2D eigenvalue weighted by Gasteiger charge is -1.98. The number of nitrogens with zero attached hydrogens (tertiary/aromatic N) is 2. The first-order valence-corrected chi connectivity index (χ1v) is 7.82. The Morgan fingerprint density at radius 1 is 1.47 bits per heavy atom. The van der Waals surface area contributed by atoms with E-state index < -0.39 is 0 Å². The lowest BCUT2D eigenvalue weighted by atomic mass is 10.1. The molecule has 0 unspecified atom stereocenters. The second-order valence-corrected chi connectivity index (χ2v) is 6.73. The van der Waals surface area contributed by atoms with Gasteiger partial charge in [-0.15, -0.1) is 22.7 Å². The summed E-state index contributed by atoms with van der Waals surface area (Å²) < 4.78 is 3.94. The van der Waals surface area contributed by atoms with Crippen molar-refractivity contribution in [2.45, 2.75) is 13.3 Å². The summed E-state index contributed by atoms with van der Waals surface area (Å²) in [5.74, 6) is 0.103. The smallest absolute Gasteiger partial charge is 0.177 e. The Morgan fingerprint density at radius 3 is 2.89 bits per heavy atom. The van der Waals surface area contributed by atoms with Crippen LogP contribution in [0.1, 0.15) is 20.9 Å². The lowest BCUT2D eigenvalue weighted by molar-refractivity contribution is 0.0996. The number of aryl methyl sites for hydroxylation is 2. The monoisotopic (exact) mass is 310 g/mol. The van der Waals surface area contributed by atoms with Crippen LogP contribution in [0.2, 0.25) is 5.15 Å². The van der Waals surface area contributed by atoms with Gasteiger partial charge in [0, 0.05) is 28.4 Å². The molecule has 0 aliphatic carbocycles. The largest absolute Gasteiger partial charge is 0.293 e. The van der Waals surface area contributed by atoms with E-state index in [-0.39, 0.29) is 5.78 Å². The number of hydrogen-bond donors (Lipinski definition) is 0. The maximum atomic E-state index is 12.3. The molecular weight excluding hydrogens is 300 g/mol. The first-order chi connectivity index (χ1) is 9.06. The highest BCUT2D eigenvalue weighted by Gasteiger charge is 2.18. The molecule has 98 valence electrons. The van der Waals surface area contributed by atoms with Gasteiger partial charge in [-0.2, -0.15) is 5.10 Å². The van der Waals surface area contributed by atoms with E-state index in [0.29, 0.717) is 11.6 Å². The van der Waals surface area contributed by atoms with E-state index >= 15 is 0 Å². The van der Waals surface area contributed by atoms with E-state index in [1.807, 2.05) is 24.4 Å². The van der Waals surface area contributed by atoms with Crippen molar-refractivity contribution in [2.75, 3.05) is 0 Å². The first-order valence-electron chi connectivity index (χ1n) is 5.74. The molecular formula is C13H11ClN2OS2. The summed E-state index contributed by atoms with van der Waals surface area (Å²) in [5, 5.41) is 6.81. The van der Waals surface area contributed by atoms with Crippen LogP contribution in [-0.4, -0.2) is 15.6 Å². The molecule has 3 aromatic rings. The maximum Gasteiger partial charge on any atom is 0.177 e. The number of rotatable bonds is 3. The number of aromatic nitrogens is 2. The highest BCUT2D eigenvalue weighted by molar-refractivity contribution is 7.27. The SMILES string of the molecule is Cc1nn(C)c(Cl)c1CC(=O)c1cc2sccc2s1. The Balaban J connectivity index is 1.90. The minimum absolute atomic E-state index is 0.103. The Morgan fingerprint density at radius 2 is 2.26 bits per heavy atom. The van der Waals surface area contributed by atoms with Crippen LogP contribution in [0, 0.1) is 6.92 Å². The molecule has 3 rings (SSSR count). The highest BCUT2D eigenvalue weighted by Crippen LogP contribution is 2.31. The third kappa shape index (κ3) is 2.22. The molecule has 0 saturated carbocycles. The lowest BCUT2D eigenvalue weighted by Crippen LogP contribution is -2.02. The van der Waals surface area contributed by atoms with Gasteiger partial charge in [0.1, 0.15) is 5.15 Å². The predicted octanol–water partition coefficient (Wildman–Crippen LogP) is 4.08. The normalized spacial score (nSPS) is 11.3. The number of thiophene rings is 2. The molecule has 6 heteroatoms. The van der Waals surface area contributed by atoms with Crippen LogP contribution in [0.15, 0.2) is 17.5 Å². The van der Waals surface area contributed by atoms with E-state index in [0.717, 1.165) is 16.1 Å². The molecule has 0 aromatic carbocycles. The van der Waals surface area contributed by atoms with Crippen molar-refractivity contribution < 1.29 is 4.79 Å². The molecule has 0 atom stereocenters. The minimum Gasteiger partial charge on any atom is -0.293 e. The van der Waals surface area contributed by atoms with Crippen molar-refractivity contribution in [1.82, 2.24) is 9.78 Å². The van der Waals surface area contributed by atoms with Crippen LogP contribution in [0.3, 0.4) is 0 Å². The molecule has 0 bridgehead atoms. The quantitative estimate of drug-likeness (QED) is 0.683. The summed E-state index contributed by atoms with van der Waals surface area (Å²) in [6.07, 6.45) is 0.312. The van der Waals surface area contributed by atoms with Gasteiger partial charge < -0.3 is 0 Å². The zero-order chi connectivity index (χ0) is 13.6. The number of halogens is 1. The number of hydrogen-bond acceptors (Lipinski definition) is 4. The van der Waals surface area contributed by atoms with Crippen molar-refractivity contribution in [1.29, 1.82) is 0 Å². The molecule has 19 heavy (non-hydrogen) atoms. The van der Waals surface area contributed by atoms with Gasteiger partial charge in [-0.05, 0) is 24.4 Å². The third-order valence-corrected chi connectivity index (χ3v) is 5.63. The first kappa shape index (κ1) is 12.8. The second-order valence-electron chi connectivity index (χ2n) is 4.34. The van der Waals surface area contributed by atoms with Crippen molar-refractivity contribution in [3.05, 3.63) is 38.8 Å². The fourth-order valence-corrected chi connectivity index (χ4v) is 4.31. The van der Waals surface area contributed by atoms with Crippen LogP contribution < -0.4 is 0 Å². The average Bonchev–Trinajstić information content (AvgIpc) is 2.99. The Kier molecular flexibility index (Phi) is 3.20. The number of Topliss-reactive ketones (excluding diaryl/α,β-unsaturated/α-hetero) is 1. The summed E-state index contributed by atoms with van der Waals surface area (Å²) in [7, 11) is 1.78. The molecule has 3 aromatic heterocycles. The van der Waals surface area contributed by atoms with Crippen LogP contribution in [-0.2, 0) is 13.5 Å². The van der Waals surface area contributed by atoms with Crippen LogP contribution in [0.25, 0.3) is 9.40 Å². The molecule has 0 amide bonds. The van der Waals surface area contributed by atoms with E-state index in [1.165, 1.54) is 9.40 Å². The topological polar surface area (TPSA) is 34.9 Å². The van der Waals surface area contributed by atoms with E-state index in [4.69, 9.17) is 11.6 Å². The number of carbonyl (C=O) groups is 1. The fraction of sp³-hybridized carbons (Fsp3) is 0.231. The molecule has 0 radical (unpaired) electrons. The molecule has 3 nitrogen and oxygen atoms in total. The molecule has 0 N–H and O–H groups in total. The van der Waals surface area contributed by atoms with Gasteiger partial charge >= 0.3 is 0 Å². The van der Waals surface area contributed by atoms with Gasteiger partial charge in [-0.3, -0.25) is 9.48 Å². The average molecular weight is 311 g/mol. The van der Waals surface area contributed by atoms with Crippen LogP contribution >= 0.6 is 34.3 Å². The Labute approximate surface area is 123 Å². The van der Waals surface area contributed by atoms with Gasteiger partial charge in [0.05, 0.1) is 10.6 Å². The molecule has 0 fully saturated rings. The van der Waals surface area contributed by atoms with E-state index in [1.54, 1.807) is 34.4 Å². The standard InChI is InChI=1S/C13H11ClN2OS2/c1-7-8(13(14)16(2)15-7)5-9(17)11-6-12-10(19-11)3-4-18-12/h3-4,6H,5H2,1-2H3. The number of carbonyl (C=O) groups excluding carboxylic acids is 1. The Hall–Kier alpha value is -1.17. The van der Waals surface area contributed by atoms with Gasteiger partial charge in [0.2, 0.25) is 0 Å². The highest BCUT2D eigenvalue weighted by atomic mass is 35.5. The fourth-order valence-electron chi connectivity index (χ4n) is 2.03. The molecule has 3 heterocycles. The van der Waals surface area contributed by atoms with Crippen LogP contribution in [0.4, 0.5) is 0 Å². The van der Waals surface area contributed by atoms with Crippen molar-refractivity contribution in [2.24, 2.45) is 7.05 Å². The number of ketones is 1.